The lowest BCUT2D eigenvalue weighted by Crippen LogP contribution is -2.32. The van der Waals surface area contributed by atoms with Crippen LogP contribution in [0, 0.1) is 10.1 Å². The largest absolute Gasteiger partial charge is 0.445 e. The van der Waals surface area contributed by atoms with Gasteiger partial charge in [-0.1, -0.05) is 0 Å². The molecule has 1 amide bonds. The van der Waals surface area contributed by atoms with Crippen LogP contribution in [0.2, 0.25) is 0 Å². The Morgan fingerprint density at radius 3 is 2.68 bits per heavy atom. The highest BCUT2D eigenvalue weighted by Gasteiger charge is 2.24. The fourth-order valence-corrected chi connectivity index (χ4v) is 1.90. The van der Waals surface area contributed by atoms with E-state index in [0.29, 0.717) is 18.7 Å². The molecule has 1 aliphatic rings. The van der Waals surface area contributed by atoms with Crippen LogP contribution in [0.3, 0.4) is 0 Å². The minimum Gasteiger partial charge on any atom is -0.445 e. The number of nitro benzene ring substituents is 1. The van der Waals surface area contributed by atoms with E-state index in [4.69, 9.17) is 10.5 Å². The molecule has 0 radical (unpaired) electrons. The van der Waals surface area contributed by atoms with Gasteiger partial charge >= 0.3 is 6.09 Å². The Morgan fingerprint density at radius 2 is 2.16 bits per heavy atom. The Morgan fingerprint density at radius 1 is 1.47 bits per heavy atom. The summed E-state index contributed by atoms with van der Waals surface area (Å²) in [7, 11) is 0. The van der Waals surface area contributed by atoms with E-state index in [1.54, 1.807) is 17.0 Å². The van der Waals surface area contributed by atoms with Crippen LogP contribution < -0.4 is 5.73 Å². The lowest BCUT2D eigenvalue weighted by atomic mass is 10.2. The molecule has 1 unspecified atom stereocenters. The first kappa shape index (κ1) is 13.3. The van der Waals surface area contributed by atoms with Crippen LogP contribution in [-0.2, 0) is 11.3 Å². The first-order valence-electron chi connectivity index (χ1n) is 5.97. The average Bonchev–Trinajstić information content (AvgIpc) is 2.83. The topological polar surface area (TPSA) is 98.7 Å². The third-order valence-electron chi connectivity index (χ3n) is 2.99. The summed E-state index contributed by atoms with van der Waals surface area (Å²) < 4.78 is 5.12. The van der Waals surface area contributed by atoms with Gasteiger partial charge < -0.3 is 15.4 Å². The fraction of sp³-hybridized carbons (Fsp3) is 0.417. The van der Waals surface area contributed by atoms with Crippen molar-refractivity contribution in [3.8, 4) is 0 Å². The molecule has 1 fully saturated rings. The van der Waals surface area contributed by atoms with Gasteiger partial charge in [-0.15, -0.1) is 0 Å². The van der Waals surface area contributed by atoms with Gasteiger partial charge in [-0.3, -0.25) is 10.1 Å². The number of amides is 1. The monoisotopic (exact) mass is 265 g/mol. The Balaban J connectivity index is 1.85. The Hall–Kier alpha value is -2.15. The molecule has 19 heavy (non-hydrogen) atoms. The van der Waals surface area contributed by atoms with E-state index < -0.39 is 11.0 Å². The number of ether oxygens (including phenoxy) is 1. The minimum atomic E-state index is -0.471. The Kier molecular flexibility index (Phi) is 3.96. The number of carbonyl (C=O) groups excluding carboxylic acids is 1. The van der Waals surface area contributed by atoms with E-state index in [1.165, 1.54) is 12.1 Å². The number of nitrogens with two attached hydrogens (primary N) is 1. The van der Waals surface area contributed by atoms with Crippen LogP contribution in [0.25, 0.3) is 0 Å². The molecular formula is C12H15N3O4. The molecule has 1 aromatic carbocycles. The molecule has 102 valence electrons. The molecule has 2 rings (SSSR count). The van der Waals surface area contributed by atoms with E-state index >= 15 is 0 Å². The summed E-state index contributed by atoms with van der Waals surface area (Å²) in [5, 5.41) is 10.5. The molecule has 2 N–H and O–H groups in total. The smallest absolute Gasteiger partial charge is 0.410 e. The molecule has 0 aliphatic carbocycles. The maximum Gasteiger partial charge on any atom is 0.410 e. The average molecular weight is 265 g/mol. The maximum absolute atomic E-state index is 11.7. The SMILES string of the molecule is NC1CCN(C(=O)OCc2ccc([N+](=O)[O-])cc2)C1. The van der Waals surface area contributed by atoms with Crippen LogP contribution in [0.15, 0.2) is 24.3 Å². The van der Waals surface area contributed by atoms with Gasteiger partial charge in [0, 0.05) is 31.3 Å². The zero-order chi connectivity index (χ0) is 13.8. The van der Waals surface area contributed by atoms with E-state index in [-0.39, 0.29) is 18.3 Å². The molecule has 0 aromatic heterocycles. The number of nitro groups is 1. The quantitative estimate of drug-likeness (QED) is 0.655. The van der Waals surface area contributed by atoms with Gasteiger partial charge in [0.25, 0.3) is 5.69 Å². The molecule has 1 atom stereocenters. The van der Waals surface area contributed by atoms with Gasteiger partial charge in [-0.25, -0.2) is 4.79 Å². The van der Waals surface area contributed by atoms with Crippen molar-refractivity contribution < 1.29 is 14.5 Å². The second-order valence-electron chi connectivity index (χ2n) is 4.47. The zero-order valence-electron chi connectivity index (χ0n) is 10.3. The molecule has 7 nitrogen and oxygen atoms in total. The van der Waals surface area contributed by atoms with Gasteiger partial charge in [0.15, 0.2) is 0 Å². The number of nitrogens with zero attached hydrogens (tertiary/aromatic N) is 2. The first-order chi connectivity index (χ1) is 9.06. The number of rotatable bonds is 3. The van der Waals surface area contributed by atoms with Gasteiger partial charge in [-0.2, -0.15) is 0 Å². The van der Waals surface area contributed by atoms with Crippen molar-refractivity contribution in [2.75, 3.05) is 13.1 Å². The molecule has 7 heteroatoms. The van der Waals surface area contributed by atoms with Gasteiger partial charge in [0.05, 0.1) is 4.92 Å². The highest BCUT2D eigenvalue weighted by atomic mass is 16.6. The summed E-state index contributed by atoms with van der Waals surface area (Å²) in [4.78, 5) is 23.3. The number of non-ortho nitro benzene ring substituents is 1. The second kappa shape index (κ2) is 5.66. The number of hydrogen-bond donors (Lipinski definition) is 1. The molecule has 0 spiro atoms. The summed E-state index contributed by atoms with van der Waals surface area (Å²) in [6.07, 6.45) is 0.387. The molecular weight excluding hydrogens is 250 g/mol. The van der Waals surface area contributed by atoms with E-state index in [9.17, 15) is 14.9 Å². The number of likely N-dealkylation sites (tertiary alicyclic amines) is 1. The number of hydrogen-bond acceptors (Lipinski definition) is 5. The van der Waals surface area contributed by atoms with Crippen molar-refractivity contribution in [3.63, 3.8) is 0 Å². The summed E-state index contributed by atoms with van der Waals surface area (Å²) >= 11 is 0. The molecule has 1 aliphatic heterocycles. The van der Waals surface area contributed by atoms with Crippen LogP contribution in [0.1, 0.15) is 12.0 Å². The highest BCUT2D eigenvalue weighted by Crippen LogP contribution is 2.14. The third-order valence-corrected chi connectivity index (χ3v) is 2.99. The number of carbonyl (C=O) groups is 1. The third kappa shape index (κ3) is 3.41. The van der Waals surface area contributed by atoms with Crippen LogP contribution in [0.4, 0.5) is 10.5 Å². The van der Waals surface area contributed by atoms with Crippen molar-refractivity contribution in [3.05, 3.63) is 39.9 Å². The van der Waals surface area contributed by atoms with Crippen molar-refractivity contribution in [1.29, 1.82) is 0 Å². The number of benzene rings is 1. The van der Waals surface area contributed by atoms with Crippen molar-refractivity contribution in [2.24, 2.45) is 5.73 Å². The summed E-state index contributed by atoms with van der Waals surface area (Å²) in [5.74, 6) is 0. The molecule has 0 saturated carbocycles. The Labute approximate surface area is 110 Å². The summed E-state index contributed by atoms with van der Waals surface area (Å²) in [5.41, 5.74) is 6.43. The van der Waals surface area contributed by atoms with Gasteiger partial charge in [0.2, 0.25) is 0 Å². The van der Waals surface area contributed by atoms with Crippen LogP contribution in [-0.4, -0.2) is 35.0 Å². The maximum atomic E-state index is 11.7. The molecule has 0 bridgehead atoms. The standard InChI is InChI=1S/C12H15N3O4/c13-10-5-6-14(7-10)12(16)19-8-9-1-3-11(4-2-9)15(17)18/h1-4,10H,5-8,13H2. The molecule has 1 heterocycles. The van der Waals surface area contributed by atoms with Crippen molar-refractivity contribution in [2.45, 2.75) is 19.1 Å². The lowest BCUT2D eigenvalue weighted by molar-refractivity contribution is -0.384. The molecule has 1 saturated heterocycles. The van der Waals surface area contributed by atoms with Gasteiger partial charge in [0.1, 0.15) is 6.61 Å². The van der Waals surface area contributed by atoms with Crippen molar-refractivity contribution >= 4 is 11.8 Å². The summed E-state index contributed by atoms with van der Waals surface area (Å²) in [6, 6.07) is 5.93. The highest BCUT2D eigenvalue weighted by molar-refractivity contribution is 5.68. The van der Waals surface area contributed by atoms with Crippen LogP contribution in [0.5, 0.6) is 0 Å². The van der Waals surface area contributed by atoms with Crippen LogP contribution >= 0.6 is 0 Å². The Bertz CT molecular complexity index is 474. The second-order valence-corrected chi connectivity index (χ2v) is 4.47. The normalized spacial score (nSPS) is 18.4. The molecule has 1 aromatic rings. The summed E-state index contributed by atoms with van der Waals surface area (Å²) in [6.45, 7) is 1.22. The van der Waals surface area contributed by atoms with E-state index in [2.05, 4.69) is 0 Å². The predicted molar refractivity (Wildman–Crippen MR) is 67.4 cm³/mol. The van der Waals surface area contributed by atoms with Crippen molar-refractivity contribution in [1.82, 2.24) is 4.90 Å². The fourth-order valence-electron chi connectivity index (χ4n) is 1.90. The lowest BCUT2D eigenvalue weighted by Gasteiger charge is -2.15. The minimum absolute atomic E-state index is 0.0144. The van der Waals surface area contributed by atoms with E-state index in [1.807, 2.05) is 0 Å². The first-order valence-corrected chi connectivity index (χ1v) is 5.97. The predicted octanol–water partition coefficient (Wildman–Crippen LogP) is 1.26. The van der Waals surface area contributed by atoms with E-state index in [0.717, 1.165) is 6.42 Å². The van der Waals surface area contributed by atoms with Gasteiger partial charge in [-0.05, 0) is 24.1 Å². The zero-order valence-corrected chi connectivity index (χ0v) is 10.3.